The zero-order valence-corrected chi connectivity index (χ0v) is 15.8. The van der Waals surface area contributed by atoms with Crippen LogP contribution in [0.15, 0.2) is 47.6 Å². The third kappa shape index (κ3) is 4.93. The molecule has 1 aliphatic rings. The molecule has 25 heavy (non-hydrogen) atoms. The number of rotatable bonds is 5. The van der Waals surface area contributed by atoms with Gasteiger partial charge < -0.3 is 4.90 Å². The molecule has 3 heteroatoms. The number of quaternary nitrogens is 1. The minimum absolute atomic E-state index is 1.03. The zero-order valence-electron chi connectivity index (χ0n) is 15.8. The van der Waals surface area contributed by atoms with Gasteiger partial charge in [0, 0.05) is 5.56 Å². The molecule has 0 aromatic heterocycles. The van der Waals surface area contributed by atoms with E-state index in [-0.39, 0.29) is 0 Å². The van der Waals surface area contributed by atoms with E-state index in [0.29, 0.717) is 0 Å². The van der Waals surface area contributed by atoms with Crippen LogP contribution in [0.4, 0.5) is 0 Å². The Morgan fingerprint density at radius 3 is 2.40 bits per heavy atom. The quantitative estimate of drug-likeness (QED) is 0.832. The first-order valence-electron chi connectivity index (χ1n) is 9.41. The Labute approximate surface area is 152 Å². The van der Waals surface area contributed by atoms with Crippen molar-refractivity contribution >= 4 is 6.21 Å². The van der Waals surface area contributed by atoms with Gasteiger partial charge in [-0.25, -0.2) is 0 Å². The Morgan fingerprint density at radius 2 is 1.76 bits per heavy atom. The van der Waals surface area contributed by atoms with Crippen molar-refractivity contribution in [1.29, 1.82) is 0 Å². The van der Waals surface area contributed by atoms with Gasteiger partial charge in [0.15, 0.2) is 0 Å². The maximum atomic E-state index is 4.67. The van der Waals surface area contributed by atoms with Gasteiger partial charge in [-0.3, -0.25) is 5.01 Å². The van der Waals surface area contributed by atoms with Crippen molar-refractivity contribution in [2.24, 2.45) is 5.10 Å². The molecular weight excluding hydrogens is 306 g/mol. The van der Waals surface area contributed by atoms with Crippen LogP contribution < -0.4 is 4.90 Å². The topological polar surface area (TPSA) is 20.0 Å². The Kier molecular flexibility index (Phi) is 5.87. The summed E-state index contributed by atoms with van der Waals surface area (Å²) in [5.41, 5.74) is 6.81. The summed E-state index contributed by atoms with van der Waals surface area (Å²) in [6, 6.07) is 15.5. The molecule has 1 saturated heterocycles. The molecule has 1 heterocycles. The Hall–Kier alpha value is -2.13. The normalized spacial score (nSPS) is 15.9. The van der Waals surface area contributed by atoms with E-state index in [1.807, 2.05) is 6.21 Å². The van der Waals surface area contributed by atoms with E-state index < -0.39 is 0 Å². The fraction of sp³-hybridized carbons (Fsp3) is 0.409. The molecule has 1 N–H and O–H groups in total. The lowest BCUT2D eigenvalue weighted by Crippen LogP contribution is -3.13. The van der Waals surface area contributed by atoms with E-state index >= 15 is 0 Å². The van der Waals surface area contributed by atoms with Crippen LogP contribution in [0.2, 0.25) is 0 Å². The number of aryl methyl sites for hydroxylation is 3. The maximum Gasteiger partial charge on any atom is 0.103 e. The number of hydrazone groups is 1. The van der Waals surface area contributed by atoms with Crippen LogP contribution in [-0.2, 0) is 13.0 Å². The fourth-order valence-corrected chi connectivity index (χ4v) is 3.40. The molecule has 0 bridgehead atoms. The molecule has 0 atom stereocenters. The van der Waals surface area contributed by atoms with Crippen LogP contribution >= 0.6 is 0 Å². The average molecular weight is 337 g/mol. The predicted molar refractivity (Wildman–Crippen MR) is 105 cm³/mol. The standard InChI is InChI=1S/C22H29N3/c1-4-20-6-8-21(9-7-20)16-23-25-13-11-24(12-14-25)17-22-10-5-18(2)15-19(22)3/h5-10,15-16H,4,11-14,17H2,1-3H3/p+1/b23-16-. The van der Waals surface area contributed by atoms with Gasteiger partial charge in [0.05, 0.1) is 32.4 Å². The smallest absolute Gasteiger partial charge is 0.103 e. The van der Waals surface area contributed by atoms with Crippen LogP contribution in [0, 0.1) is 13.8 Å². The molecule has 0 saturated carbocycles. The van der Waals surface area contributed by atoms with E-state index in [0.717, 1.165) is 39.1 Å². The highest BCUT2D eigenvalue weighted by molar-refractivity contribution is 5.79. The highest BCUT2D eigenvalue weighted by Gasteiger charge is 2.19. The van der Waals surface area contributed by atoms with Crippen molar-refractivity contribution < 1.29 is 4.90 Å². The lowest BCUT2D eigenvalue weighted by atomic mass is 10.1. The summed E-state index contributed by atoms with van der Waals surface area (Å²) >= 11 is 0. The van der Waals surface area contributed by atoms with Gasteiger partial charge in [-0.05, 0) is 37.0 Å². The van der Waals surface area contributed by atoms with Gasteiger partial charge in [-0.15, -0.1) is 0 Å². The van der Waals surface area contributed by atoms with Crippen LogP contribution in [0.5, 0.6) is 0 Å². The molecule has 2 aromatic rings. The summed E-state index contributed by atoms with van der Waals surface area (Å²) in [7, 11) is 0. The van der Waals surface area contributed by atoms with E-state index in [4.69, 9.17) is 0 Å². The van der Waals surface area contributed by atoms with E-state index in [1.165, 1.54) is 27.8 Å². The number of piperazine rings is 1. The summed E-state index contributed by atoms with van der Waals surface area (Å²) in [4.78, 5) is 1.66. The molecule has 0 spiro atoms. The molecule has 3 nitrogen and oxygen atoms in total. The molecule has 0 aliphatic carbocycles. The fourth-order valence-electron chi connectivity index (χ4n) is 3.40. The van der Waals surface area contributed by atoms with E-state index in [1.54, 1.807) is 4.90 Å². The monoisotopic (exact) mass is 336 g/mol. The van der Waals surface area contributed by atoms with Crippen molar-refractivity contribution in [3.8, 4) is 0 Å². The molecule has 1 fully saturated rings. The summed E-state index contributed by atoms with van der Waals surface area (Å²) in [6.45, 7) is 12.1. The number of nitrogens with one attached hydrogen (secondary N) is 1. The first-order valence-corrected chi connectivity index (χ1v) is 9.41. The van der Waals surface area contributed by atoms with Crippen LogP contribution in [0.1, 0.15) is 34.7 Å². The molecule has 2 aromatic carbocycles. The van der Waals surface area contributed by atoms with Crippen molar-refractivity contribution in [2.45, 2.75) is 33.7 Å². The Bertz CT molecular complexity index is 711. The highest BCUT2D eigenvalue weighted by atomic mass is 15.5. The average Bonchev–Trinajstić information content (AvgIpc) is 2.64. The summed E-state index contributed by atoms with van der Waals surface area (Å²) in [5, 5.41) is 6.88. The third-order valence-electron chi connectivity index (χ3n) is 5.14. The molecule has 1 aliphatic heterocycles. The number of hydrogen-bond acceptors (Lipinski definition) is 2. The second kappa shape index (κ2) is 8.30. The maximum absolute atomic E-state index is 4.67. The van der Waals surface area contributed by atoms with Crippen molar-refractivity contribution in [1.82, 2.24) is 5.01 Å². The van der Waals surface area contributed by atoms with Crippen LogP contribution in [-0.4, -0.2) is 37.4 Å². The molecule has 0 unspecified atom stereocenters. The van der Waals surface area contributed by atoms with Gasteiger partial charge in [0.1, 0.15) is 6.54 Å². The molecule has 132 valence electrons. The Morgan fingerprint density at radius 1 is 1.04 bits per heavy atom. The largest absolute Gasteiger partial charge is 0.328 e. The molecular formula is C22H30N3+. The lowest BCUT2D eigenvalue weighted by Gasteiger charge is -2.30. The minimum Gasteiger partial charge on any atom is -0.328 e. The van der Waals surface area contributed by atoms with Gasteiger partial charge in [0.2, 0.25) is 0 Å². The first kappa shape index (κ1) is 17.7. The summed E-state index contributed by atoms with van der Waals surface area (Å²) < 4.78 is 0. The minimum atomic E-state index is 1.03. The van der Waals surface area contributed by atoms with Gasteiger partial charge in [0.25, 0.3) is 0 Å². The number of hydrogen-bond donors (Lipinski definition) is 1. The van der Waals surface area contributed by atoms with E-state index in [2.05, 4.69) is 73.3 Å². The summed E-state index contributed by atoms with van der Waals surface area (Å²) in [5.74, 6) is 0. The van der Waals surface area contributed by atoms with Gasteiger partial charge in [-0.1, -0.05) is 55.0 Å². The first-order chi connectivity index (χ1) is 12.1. The summed E-state index contributed by atoms with van der Waals surface area (Å²) in [6.07, 6.45) is 3.08. The second-order valence-corrected chi connectivity index (χ2v) is 7.15. The number of benzene rings is 2. The van der Waals surface area contributed by atoms with Crippen LogP contribution in [0.3, 0.4) is 0 Å². The SMILES string of the molecule is CCc1ccc(/C=N\N2CC[NH+](Cc3ccc(C)cc3C)CC2)cc1. The number of nitrogens with zero attached hydrogens (tertiary/aromatic N) is 2. The third-order valence-corrected chi connectivity index (χ3v) is 5.14. The van der Waals surface area contributed by atoms with Crippen molar-refractivity contribution in [3.63, 3.8) is 0 Å². The van der Waals surface area contributed by atoms with Gasteiger partial charge in [-0.2, -0.15) is 5.10 Å². The molecule has 0 amide bonds. The van der Waals surface area contributed by atoms with Crippen molar-refractivity contribution in [3.05, 3.63) is 70.3 Å². The zero-order chi connectivity index (χ0) is 17.6. The molecule has 0 radical (unpaired) electrons. The lowest BCUT2D eigenvalue weighted by molar-refractivity contribution is -0.918. The van der Waals surface area contributed by atoms with Crippen LogP contribution in [0.25, 0.3) is 0 Å². The predicted octanol–water partition coefficient (Wildman–Crippen LogP) is 2.60. The highest BCUT2D eigenvalue weighted by Crippen LogP contribution is 2.09. The van der Waals surface area contributed by atoms with Crippen molar-refractivity contribution in [2.75, 3.05) is 26.2 Å². The van der Waals surface area contributed by atoms with Gasteiger partial charge >= 0.3 is 0 Å². The second-order valence-electron chi connectivity index (χ2n) is 7.15. The van der Waals surface area contributed by atoms with E-state index in [9.17, 15) is 0 Å². The molecule has 3 rings (SSSR count). The Balaban J connectivity index is 1.50.